The van der Waals surface area contributed by atoms with Crippen LogP contribution in [0.15, 0.2) is 60.9 Å². The average Bonchev–Trinajstić information content (AvgIpc) is 3.58. The fourth-order valence-corrected chi connectivity index (χ4v) is 4.70. The second kappa shape index (κ2) is 13.0. The van der Waals surface area contributed by atoms with Gasteiger partial charge >= 0.3 is 5.97 Å². The molecule has 2 aromatic heterocycles. The van der Waals surface area contributed by atoms with Crippen LogP contribution in [0.5, 0.6) is 0 Å². The zero-order valence-corrected chi connectivity index (χ0v) is 22.9. The number of rotatable bonds is 7. The molecule has 1 aliphatic rings. The number of piperidine rings is 1. The number of amides is 1. The second-order valence-corrected chi connectivity index (χ2v) is 9.80. The molecule has 0 unspecified atom stereocenters. The lowest BCUT2D eigenvalue weighted by molar-refractivity contribution is 0.0693. The van der Waals surface area contributed by atoms with Gasteiger partial charge in [-0.15, -0.1) is 5.10 Å². The molecule has 0 aliphatic carbocycles. The first kappa shape index (κ1) is 27.8. The van der Waals surface area contributed by atoms with E-state index in [1.165, 1.54) is 19.0 Å². The van der Waals surface area contributed by atoms with Crippen LogP contribution in [0.3, 0.4) is 0 Å². The number of benzene rings is 2. The van der Waals surface area contributed by atoms with Gasteiger partial charge in [-0.1, -0.05) is 49.7 Å². The van der Waals surface area contributed by atoms with E-state index in [0.717, 1.165) is 48.4 Å². The van der Waals surface area contributed by atoms with Gasteiger partial charge in [0.1, 0.15) is 5.56 Å². The van der Waals surface area contributed by atoms with Crippen molar-refractivity contribution >= 4 is 11.9 Å². The molecule has 9 nitrogen and oxygen atoms in total. The van der Waals surface area contributed by atoms with Gasteiger partial charge in [-0.2, -0.15) is 5.10 Å². The van der Waals surface area contributed by atoms with E-state index >= 15 is 0 Å². The molecule has 9 heteroatoms. The Morgan fingerprint density at radius 2 is 1.64 bits per heavy atom. The van der Waals surface area contributed by atoms with Crippen LogP contribution >= 0.6 is 0 Å². The highest BCUT2D eigenvalue weighted by molar-refractivity contribution is 5.95. The van der Waals surface area contributed by atoms with Crippen molar-refractivity contribution in [3.05, 3.63) is 83.4 Å². The quantitative estimate of drug-likeness (QED) is 0.354. The van der Waals surface area contributed by atoms with Gasteiger partial charge in [-0.3, -0.25) is 9.48 Å². The number of aryl methyl sites for hydroxylation is 2. The van der Waals surface area contributed by atoms with Crippen molar-refractivity contribution in [1.82, 2.24) is 29.7 Å². The highest BCUT2D eigenvalue weighted by Gasteiger charge is 2.20. The third kappa shape index (κ3) is 6.79. The number of carbonyl (C=O) groups is 2. The molecular formula is C30H36N6O3. The summed E-state index contributed by atoms with van der Waals surface area (Å²) in [5.74, 6) is -0.951. The Morgan fingerprint density at radius 3 is 2.31 bits per heavy atom. The Kier molecular flexibility index (Phi) is 9.25. The maximum atomic E-state index is 13.0. The van der Waals surface area contributed by atoms with Crippen molar-refractivity contribution in [2.24, 2.45) is 7.05 Å². The molecule has 1 aliphatic heterocycles. The Morgan fingerprint density at radius 1 is 0.949 bits per heavy atom. The zero-order valence-electron chi connectivity index (χ0n) is 22.9. The number of aromatic nitrogens is 5. The highest BCUT2D eigenvalue weighted by atomic mass is 16.4. The fraction of sp³-hybridized carbons (Fsp3) is 0.367. The van der Waals surface area contributed by atoms with Crippen molar-refractivity contribution in [2.75, 3.05) is 13.1 Å². The molecule has 5 rings (SSSR count). The first-order valence-electron chi connectivity index (χ1n) is 13.6. The number of hydrogen-bond acceptors (Lipinski definition) is 5. The smallest absolute Gasteiger partial charge is 0.339 e. The standard InChI is InChI=1S/C27H28N6O3.C3H8/c1-31-18-22(29-30-31)11-12-25-24(27(35)36)17-28-33(25)23-10-6-8-20(16-23)19-7-5-9-21(15-19)26(34)32-13-3-2-4-14-32;1-3-2/h5-10,15-18H,2-4,11-14H2,1H3,(H,35,36);3H2,1-2H3. The molecule has 0 bridgehead atoms. The number of nitrogens with zero attached hydrogens (tertiary/aromatic N) is 6. The molecule has 1 fully saturated rings. The minimum atomic E-state index is -1.02. The van der Waals surface area contributed by atoms with Gasteiger partial charge in [0.15, 0.2) is 0 Å². The molecule has 1 amide bonds. The van der Waals surface area contributed by atoms with Gasteiger partial charge in [0, 0.05) is 31.9 Å². The van der Waals surface area contributed by atoms with E-state index in [-0.39, 0.29) is 11.5 Å². The second-order valence-electron chi connectivity index (χ2n) is 9.80. The lowest BCUT2D eigenvalue weighted by Crippen LogP contribution is -2.35. The summed E-state index contributed by atoms with van der Waals surface area (Å²) in [7, 11) is 1.80. The largest absolute Gasteiger partial charge is 0.478 e. The number of carboxylic acids is 1. The summed E-state index contributed by atoms with van der Waals surface area (Å²) in [4.78, 5) is 26.8. The summed E-state index contributed by atoms with van der Waals surface area (Å²) < 4.78 is 3.30. The molecular weight excluding hydrogens is 492 g/mol. The van der Waals surface area contributed by atoms with Gasteiger partial charge in [-0.25, -0.2) is 9.48 Å². The summed E-state index contributed by atoms with van der Waals surface area (Å²) in [5, 5.41) is 22.2. The Labute approximate surface area is 229 Å². The minimum absolute atomic E-state index is 0.0668. The van der Waals surface area contributed by atoms with Crippen LogP contribution in [0.4, 0.5) is 0 Å². The molecule has 0 atom stereocenters. The van der Waals surface area contributed by atoms with Crippen molar-refractivity contribution in [3.8, 4) is 16.8 Å². The predicted octanol–water partition coefficient (Wildman–Crippen LogP) is 5.19. The van der Waals surface area contributed by atoms with Crippen molar-refractivity contribution < 1.29 is 14.7 Å². The van der Waals surface area contributed by atoms with Gasteiger partial charge < -0.3 is 10.0 Å². The van der Waals surface area contributed by atoms with Gasteiger partial charge in [0.25, 0.3) is 5.91 Å². The van der Waals surface area contributed by atoms with Crippen LogP contribution in [0.2, 0.25) is 0 Å². The Hall–Kier alpha value is -4.27. The topological polar surface area (TPSA) is 106 Å². The Bertz CT molecular complexity index is 1420. The van der Waals surface area contributed by atoms with Crippen LogP contribution in [-0.2, 0) is 19.9 Å². The van der Waals surface area contributed by atoms with Gasteiger partial charge in [0.2, 0.25) is 0 Å². The molecule has 4 aromatic rings. The predicted molar refractivity (Wildman–Crippen MR) is 150 cm³/mol. The maximum absolute atomic E-state index is 13.0. The summed E-state index contributed by atoms with van der Waals surface area (Å²) in [5.41, 5.74) is 4.82. The molecule has 1 N–H and O–H groups in total. The third-order valence-corrected chi connectivity index (χ3v) is 6.54. The van der Waals surface area contributed by atoms with Crippen LogP contribution in [0, 0.1) is 0 Å². The van der Waals surface area contributed by atoms with E-state index in [4.69, 9.17) is 0 Å². The number of hydrogen-bond donors (Lipinski definition) is 1. The molecule has 0 radical (unpaired) electrons. The summed E-state index contributed by atoms with van der Waals surface area (Å²) >= 11 is 0. The zero-order chi connectivity index (χ0) is 27.8. The molecule has 3 heterocycles. The van der Waals surface area contributed by atoms with Gasteiger partial charge in [0.05, 0.1) is 23.3 Å². The van der Waals surface area contributed by atoms with Crippen LogP contribution in [0.1, 0.15) is 71.6 Å². The molecule has 1 saturated heterocycles. The third-order valence-electron chi connectivity index (χ3n) is 6.54. The Balaban J connectivity index is 0.00000112. The fourth-order valence-electron chi connectivity index (χ4n) is 4.70. The molecule has 0 saturated carbocycles. The maximum Gasteiger partial charge on any atom is 0.339 e. The van der Waals surface area contributed by atoms with Crippen molar-refractivity contribution in [1.29, 1.82) is 0 Å². The summed E-state index contributed by atoms with van der Waals surface area (Å²) in [6.45, 7) is 5.86. The van der Waals surface area contributed by atoms with E-state index < -0.39 is 5.97 Å². The average molecular weight is 529 g/mol. The first-order valence-corrected chi connectivity index (χ1v) is 13.6. The van der Waals surface area contributed by atoms with E-state index in [1.807, 2.05) is 59.6 Å². The van der Waals surface area contributed by atoms with Crippen LogP contribution < -0.4 is 0 Å². The lowest BCUT2D eigenvalue weighted by Gasteiger charge is -2.26. The molecule has 2 aromatic carbocycles. The molecule has 204 valence electrons. The normalized spacial score (nSPS) is 13.1. The summed E-state index contributed by atoms with van der Waals surface area (Å²) in [6, 6.07) is 15.4. The lowest BCUT2D eigenvalue weighted by atomic mass is 10.0. The first-order chi connectivity index (χ1) is 18.9. The SMILES string of the molecule is CCC.Cn1cc(CCc2c(C(=O)O)cnn2-c2cccc(-c3cccc(C(=O)N4CCCCC4)c3)c2)nn1. The van der Waals surface area contributed by atoms with Crippen LogP contribution in [0.25, 0.3) is 16.8 Å². The van der Waals surface area contributed by atoms with E-state index in [9.17, 15) is 14.7 Å². The summed E-state index contributed by atoms with van der Waals surface area (Å²) in [6.07, 6.45) is 8.72. The minimum Gasteiger partial charge on any atom is -0.478 e. The molecule has 39 heavy (non-hydrogen) atoms. The number of carboxylic acid groups (broad SMARTS) is 1. The van der Waals surface area contributed by atoms with Gasteiger partial charge in [-0.05, 0) is 67.5 Å². The van der Waals surface area contributed by atoms with E-state index in [2.05, 4.69) is 29.3 Å². The van der Waals surface area contributed by atoms with Crippen molar-refractivity contribution in [2.45, 2.75) is 52.4 Å². The number of carbonyl (C=O) groups excluding carboxylic acids is 1. The number of likely N-dealkylation sites (tertiary alicyclic amines) is 1. The van der Waals surface area contributed by atoms with Crippen LogP contribution in [-0.4, -0.2) is 59.7 Å². The van der Waals surface area contributed by atoms with E-state index in [1.54, 1.807) is 16.4 Å². The van der Waals surface area contributed by atoms with Crippen molar-refractivity contribution in [3.63, 3.8) is 0 Å². The highest BCUT2D eigenvalue weighted by Crippen LogP contribution is 2.26. The van der Waals surface area contributed by atoms with E-state index in [0.29, 0.717) is 24.1 Å². The monoisotopic (exact) mass is 528 g/mol. The number of aromatic carboxylic acids is 1. The molecule has 0 spiro atoms.